The molecule has 0 radical (unpaired) electrons. The summed E-state index contributed by atoms with van der Waals surface area (Å²) in [6, 6.07) is 2.51. The summed E-state index contributed by atoms with van der Waals surface area (Å²) in [5.74, 6) is -0.694. The standard InChI is InChI=1S/C22H28F2N8O2/c1-29-20-18(27-28-29)21(33)26-22(25-20)32-9-7-31(8-10-32)19-16(23)13-15(14-17(19)24)34-12-11-30-5-3-2-4-6-30/h13-14H,2-12H2,1H3,(H,25,26,33). The molecule has 0 atom stereocenters. The van der Waals surface area contributed by atoms with E-state index in [0.29, 0.717) is 44.4 Å². The maximum absolute atomic E-state index is 14.9. The summed E-state index contributed by atoms with van der Waals surface area (Å²) in [4.78, 5) is 25.3. The third kappa shape index (κ3) is 4.54. The van der Waals surface area contributed by atoms with Gasteiger partial charge in [-0.3, -0.25) is 14.7 Å². The first-order valence-electron chi connectivity index (χ1n) is 11.6. The number of piperazine rings is 1. The van der Waals surface area contributed by atoms with E-state index < -0.39 is 11.6 Å². The molecule has 2 aliphatic rings. The van der Waals surface area contributed by atoms with E-state index in [9.17, 15) is 13.6 Å². The molecule has 2 aliphatic heterocycles. The molecule has 0 spiro atoms. The summed E-state index contributed by atoms with van der Waals surface area (Å²) in [7, 11) is 1.66. The quantitative estimate of drug-likeness (QED) is 0.575. The lowest BCUT2D eigenvalue weighted by Crippen LogP contribution is -2.48. The molecule has 2 saturated heterocycles. The highest BCUT2D eigenvalue weighted by molar-refractivity contribution is 5.69. The van der Waals surface area contributed by atoms with Crippen molar-refractivity contribution in [2.24, 2.45) is 7.05 Å². The number of hydrogen-bond donors (Lipinski definition) is 1. The monoisotopic (exact) mass is 474 g/mol. The number of H-pyrrole nitrogens is 1. The SMILES string of the molecule is Cn1nnc2c(=O)[nH]c(N3CCN(c4c(F)cc(OCCN5CCCCC5)cc4F)CC3)nc21. The lowest BCUT2D eigenvalue weighted by Gasteiger charge is -2.36. The number of rotatable bonds is 6. The number of likely N-dealkylation sites (tertiary alicyclic amines) is 1. The number of nitrogens with one attached hydrogen (secondary N) is 1. The van der Waals surface area contributed by atoms with Crippen LogP contribution in [0.25, 0.3) is 11.2 Å². The van der Waals surface area contributed by atoms with Gasteiger partial charge in [0.05, 0.1) is 0 Å². The van der Waals surface area contributed by atoms with Gasteiger partial charge in [0, 0.05) is 51.9 Å². The van der Waals surface area contributed by atoms with Gasteiger partial charge < -0.3 is 14.5 Å². The van der Waals surface area contributed by atoms with Gasteiger partial charge >= 0.3 is 0 Å². The molecule has 0 aliphatic carbocycles. The van der Waals surface area contributed by atoms with Crippen molar-refractivity contribution in [3.63, 3.8) is 0 Å². The Hall–Kier alpha value is -3.28. The highest BCUT2D eigenvalue weighted by Gasteiger charge is 2.25. The Balaban J connectivity index is 1.22. The summed E-state index contributed by atoms with van der Waals surface area (Å²) >= 11 is 0. The van der Waals surface area contributed by atoms with Gasteiger partial charge in [0.1, 0.15) is 18.0 Å². The maximum atomic E-state index is 14.9. The normalized spacial score (nSPS) is 17.5. The van der Waals surface area contributed by atoms with Crippen molar-refractivity contribution < 1.29 is 13.5 Å². The molecule has 2 aromatic heterocycles. The molecule has 3 aromatic rings. The minimum atomic E-state index is -0.643. The molecule has 34 heavy (non-hydrogen) atoms. The predicted octanol–water partition coefficient (Wildman–Crippen LogP) is 1.52. The number of benzene rings is 1. The van der Waals surface area contributed by atoms with Crippen LogP contribution in [-0.4, -0.2) is 82.3 Å². The third-order valence-electron chi connectivity index (χ3n) is 6.46. The van der Waals surface area contributed by atoms with Crippen LogP contribution in [0.2, 0.25) is 0 Å². The molecule has 5 rings (SSSR count). The molecule has 0 saturated carbocycles. The minimum absolute atomic E-state index is 0.0595. The molecule has 0 bridgehead atoms. The Kier molecular flexibility index (Phi) is 6.31. The van der Waals surface area contributed by atoms with Gasteiger partial charge in [-0.2, -0.15) is 4.98 Å². The van der Waals surface area contributed by atoms with Crippen molar-refractivity contribution in [2.75, 3.05) is 62.2 Å². The fourth-order valence-electron chi connectivity index (χ4n) is 4.61. The number of aromatic amines is 1. The molecular weight excluding hydrogens is 446 g/mol. The Bertz CT molecular complexity index is 1190. The van der Waals surface area contributed by atoms with Gasteiger partial charge in [-0.05, 0) is 25.9 Å². The smallest absolute Gasteiger partial charge is 0.282 e. The van der Waals surface area contributed by atoms with Crippen LogP contribution in [0.15, 0.2) is 16.9 Å². The van der Waals surface area contributed by atoms with Gasteiger partial charge in [-0.25, -0.2) is 13.5 Å². The Morgan fingerprint density at radius 3 is 2.38 bits per heavy atom. The van der Waals surface area contributed by atoms with Crippen LogP contribution in [0.5, 0.6) is 5.75 Å². The van der Waals surface area contributed by atoms with E-state index in [1.807, 2.05) is 4.90 Å². The number of aryl methyl sites for hydroxylation is 1. The number of aromatic nitrogens is 5. The molecule has 182 valence electrons. The number of nitrogens with zero attached hydrogens (tertiary/aromatic N) is 7. The van der Waals surface area contributed by atoms with Crippen LogP contribution < -0.4 is 20.1 Å². The second-order valence-electron chi connectivity index (χ2n) is 8.74. The zero-order valence-electron chi connectivity index (χ0n) is 19.1. The molecular formula is C22H28F2N8O2. The summed E-state index contributed by atoms with van der Waals surface area (Å²) in [5, 5.41) is 7.63. The zero-order chi connectivity index (χ0) is 23.7. The van der Waals surface area contributed by atoms with Gasteiger partial charge in [0.2, 0.25) is 5.95 Å². The van der Waals surface area contributed by atoms with Gasteiger partial charge in [0.15, 0.2) is 22.8 Å². The van der Waals surface area contributed by atoms with E-state index in [1.54, 1.807) is 11.9 Å². The second kappa shape index (κ2) is 9.53. The molecule has 1 N–H and O–H groups in total. The topological polar surface area (TPSA) is 95.4 Å². The van der Waals surface area contributed by atoms with Gasteiger partial charge in [0.25, 0.3) is 5.56 Å². The molecule has 12 heteroatoms. The first-order valence-corrected chi connectivity index (χ1v) is 11.6. The summed E-state index contributed by atoms with van der Waals surface area (Å²) in [6.45, 7) is 4.87. The van der Waals surface area contributed by atoms with Gasteiger partial charge in [-0.1, -0.05) is 11.6 Å². The van der Waals surface area contributed by atoms with Crippen molar-refractivity contribution in [3.8, 4) is 5.75 Å². The first kappa shape index (κ1) is 22.5. The Labute approximate surface area is 195 Å². The zero-order valence-corrected chi connectivity index (χ0v) is 19.1. The van der Waals surface area contributed by atoms with Crippen molar-refractivity contribution in [3.05, 3.63) is 34.1 Å². The van der Waals surface area contributed by atoms with Crippen molar-refractivity contribution in [2.45, 2.75) is 19.3 Å². The van der Waals surface area contributed by atoms with E-state index in [1.165, 1.54) is 36.1 Å². The van der Waals surface area contributed by atoms with Crippen LogP contribution in [-0.2, 0) is 7.05 Å². The fourth-order valence-corrected chi connectivity index (χ4v) is 4.61. The average Bonchev–Trinajstić information content (AvgIpc) is 3.21. The Morgan fingerprint density at radius 1 is 1.00 bits per heavy atom. The van der Waals surface area contributed by atoms with Gasteiger partial charge in [-0.15, -0.1) is 5.10 Å². The molecule has 0 unspecified atom stereocenters. The van der Waals surface area contributed by atoms with E-state index in [-0.39, 0.29) is 22.5 Å². The largest absolute Gasteiger partial charge is 0.492 e. The maximum Gasteiger partial charge on any atom is 0.282 e. The number of fused-ring (bicyclic) bond motifs is 1. The summed E-state index contributed by atoms with van der Waals surface area (Å²) in [5.41, 5.74) is 0.126. The third-order valence-corrected chi connectivity index (χ3v) is 6.46. The van der Waals surface area contributed by atoms with Crippen LogP contribution in [0.4, 0.5) is 20.4 Å². The molecule has 0 amide bonds. The minimum Gasteiger partial charge on any atom is -0.492 e. The summed E-state index contributed by atoms with van der Waals surface area (Å²) in [6.07, 6.45) is 3.63. The fraction of sp³-hybridized carbons (Fsp3) is 0.545. The van der Waals surface area contributed by atoms with E-state index in [2.05, 4.69) is 25.2 Å². The number of ether oxygens (including phenoxy) is 1. The molecule has 2 fully saturated rings. The lowest BCUT2D eigenvalue weighted by molar-refractivity contribution is 0.183. The van der Waals surface area contributed by atoms with E-state index in [0.717, 1.165) is 19.6 Å². The molecule has 4 heterocycles. The van der Waals surface area contributed by atoms with Crippen molar-refractivity contribution in [1.29, 1.82) is 0 Å². The highest BCUT2D eigenvalue weighted by atomic mass is 19.1. The number of hydrogen-bond acceptors (Lipinski definition) is 8. The molecule has 1 aromatic carbocycles. The van der Waals surface area contributed by atoms with Crippen LogP contribution in [0.1, 0.15) is 19.3 Å². The van der Waals surface area contributed by atoms with Crippen LogP contribution in [0.3, 0.4) is 0 Å². The van der Waals surface area contributed by atoms with Crippen molar-refractivity contribution in [1.82, 2.24) is 29.9 Å². The van der Waals surface area contributed by atoms with Crippen LogP contribution >= 0.6 is 0 Å². The summed E-state index contributed by atoms with van der Waals surface area (Å²) < 4.78 is 36.8. The van der Waals surface area contributed by atoms with E-state index >= 15 is 0 Å². The number of halogens is 2. The second-order valence-corrected chi connectivity index (χ2v) is 8.74. The predicted molar refractivity (Wildman–Crippen MR) is 123 cm³/mol. The molecule has 10 nitrogen and oxygen atoms in total. The number of anilines is 2. The van der Waals surface area contributed by atoms with E-state index in [4.69, 9.17) is 4.74 Å². The average molecular weight is 475 g/mol. The highest BCUT2D eigenvalue weighted by Crippen LogP contribution is 2.29. The lowest BCUT2D eigenvalue weighted by atomic mass is 10.1. The Morgan fingerprint density at radius 2 is 1.68 bits per heavy atom. The van der Waals surface area contributed by atoms with Crippen LogP contribution in [0, 0.1) is 11.6 Å². The first-order chi connectivity index (χ1) is 16.5. The van der Waals surface area contributed by atoms with Crippen molar-refractivity contribution >= 4 is 22.8 Å². The number of piperidine rings is 1.